The third kappa shape index (κ3) is 13.4. The van der Waals surface area contributed by atoms with Crippen molar-refractivity contribution >= 4 is 96.5 Å². The van der Waals surface area contributed by atoms with Crippen LogP contribution in [0.3, 0.4) is 0 Å². The summed E-state index contributed by atoms with van der Waals surface area (Å²) in [5.41, 5.74) is -5.63. The van der Waals surface area contributed by atoms with E-state index >= 15 is 9.18 Å². The van der Waals surface area contributed by atoms with Gasteiger partial charge in [-0.1, -0.05) is 39.0 Å². The number of aliphatic hydroxyl groups excluding tert-OH is 3. The number of rotatable bonds is 12. The Morgan fingerprint density at radius 3 is 2.26 bits per heavy atom. The van der Waals surface area contributed by atoms with Gasteiger partial charge in [0.25, 0.3) is 5.91 Å². The molecule has 3 saturated heterocycles. The predicted octanol–water partition coefficient (Wildman–Crippen LogP) is 7.03. The van der Waals surface area contributed by atoms with Crippen LogP contribution in [0.15, 0.2) is 85.4 Å². The number of hydrogen-bond donors (Lipinski definition) is 7. The van der Waals surface area contributed by atoms with E-state index in [0.717, 1.165) is 25.2 Å². The van der Waals surface area contributed by atoms with Gasteiger partial charge in [-0.15, -0.1) is 0 Å². The molecule has 1 aliphatic carbocycles. The number of allylic oxidation sites excluding steroid dienone is 2. The molecular weight excluding hydrogens is 1330 g/mol. The van der Waals surface area contributed by atoms with Crippen molar-refractivity contribution < 1.29 is 101 Å². The number of esters is 2. The van der Waals surface area contributed by atoms with Gasteiger partial charge in [0.05, 0.1) is 70.4 Å². The molecule has 1 unspecified atom stereocenters. The number of ether oxygens (including phenoxy) is 8. The number of aromatic nitrogens is 2. The second-order valence-corrected chi connectivity index (χ2v) is 28.3. The van der Waals surface area contributed by atoms with Crippen molar-refractivity contribution in [3.8, 4) is 11.5 Å². The number of aliphatic hydroxyl groups is 3. The summed E-state index contributed by atoms with van der Waals surface area (Å²) < 4.78 is 73.9. The minimum atomic E-state index is -2.21. The van der Waals surface area contributed by atoms with Gasteiger partial charge in [-0.25, -0.2) is 14.2 Å². The molecule has 28 nitrogen and oxygen atoms in total. The van der Waals surface area contributed by atoms with Crippen LogP contribution < -0.4 is 41.4 Å². The lowest BCUT2D eigenvalue weighted by atomic mass is 9.77. The van der Waals surface area contributed by atoms with Gasteiger partial charge in [0.15, 0.2) is 28.7 Å². The lowest BCUT2D eigenvalue weighted by molar-refractivity contribution is -0.246. The average Bonchev–Trinajstić information content (AvgIpc) is 1.45. The van der Waals surface area contributed by atoms with Crippen LogP contribution in [0.2, 0.25) is 0 Å². The zero-order valence-corrected chi connectivity index (χ0v) is 58.0. The largest absolute Gasteiger partial charge is 0.507 e. The van der Waals surface area contributed by atoms with Gasteiger partial charge >= 0.3 is 29.7 Å². The summed E-state index contributed by atoms with van der Waals surface area (Å²) >= 11 is 0. The molecule has 1 amide bonds. The average molecular weight is 1420 g/mol. The van der Waals surface area contributed by atoms with E-state index in [-0.39, 0.29) is 101 Å². The molecule has 2 aromatic heterocycles. The zero-order valence-electron chi connectivity index (χ0n) is 58.0. The number of phenolic OH excluding ortho intramolecular Hbond substituents is 1. The Hall–Kier alpha value is -9.52. The number of fused-ring (bicyclic) bond motifs is 16. The van der Waals surface area contributed by atoms with Crippen LogP contribution in [0.25, 0.3) is 49.6 Å². The molecule has 4 fully saturated rings. The van der Waals surface area contributed by atoms with E-state index in [1.54, 1.807) is 36.3 Å². The summed E-state index contributed by atoms with van der Waals surface area (Å²) in [7, 11) is 0. The Balaban J connectivity index is 0.981. The molecule has 544 valence electrons. The normalized spacial score (nSPS) is 28.9. The van der Waals surface area contributed by atoms with Gasteiger partial charge in [-0.2, -0.15) is 0 Å². The van der Waals surface area contributed by atoms with E-state index in [2.05, 4.69) is 5.32 Å². The van der Waals surface area contributed by atoms with Gasteiger partial charge in [-0.05, 0) is 72.6 Å². The second kappa shape index (κ2) is 27.7. The standard InChI is InChI=1S/C73H82FN5O23/c1-31-13-12-14-41(36(6)98-71(93)72(9,10)28-51(82)83)60(85)33(3)59(84)34(4)64(99-38(8)80)32(2)48(100-52-27-50-66(37(7)97-52)95-30-94-50)17-22-96-73(11)68(89)55-53-54(61(86)35(5)65(55)102-73)63(88)58(76-69(31)90)67-57(53)75-56-47(81)23-40(24-49(56)101-67)77-18-20-78(21-19-77)46-26-45-42(25-44(46)74)62(87)43(70(91)92)29-79(45)39-15-16-39/h12-14,17,22-26,29,32-34,36-37,39,41,48,50,52,59-60,64,66,84-86,89H,15-16,18-21,27-28,30H2,1-11H3,(H,76,90)(H,82,83)(H,91,92)/b14-12+,22-17+,31-13-/t32-,33+,34-,36?,37-,41-,48+,50+,52+,59-,60-,64-,66-,73+/m1/s1. The number of aliphatic carboxylic acids is 1. The molecule has 14 atom stereocenters. The third-order valence-electron chi connectivity index (χ3n) is 20.6. The zero-order chi connectivity index (χ0) is 73.6. The van der Waals surface area contributed by atoms with Crippen molar-refractivity contribution in [2.75, 3.05) is 48.1 Å². The molecule has 5 bridgehead atoms. The molecule has 6 aliphatic heterocycles. The predicted molar refractivity (Wildman–Crippen MR) is 366 cm³/mol. The van der Waals surface area contributed by atoms with Crippen molar-refractivity contribution in [3.05, 3.63) is 119 Å². The number of amides is 1. The number of pyridine rings is 1. The Morgan fingerprint density at radius 1 is 0.882 bits per heavy atom. The van der Waals surface area contributed by atoms with Crippen LogP contribution in [0, 0.1) is 41.8 Å². The van der Waals surface area contributed by atoms with Crippen LogP contribution >= 0.6 is 0 Å². The van der Waals surface area contributed by atoms with E-state index in [0.29, 0.717) is 11.2 Å². The number of anilines is 3. The number of phenols is 1. The van der Waals surface area contributed by atoms with Gasteiger partial charge in [-0.3, -0.25) is 33.6 Å². The molecule has 13 rings (SSSR count). The highest BCUT2D eigenvalue weighted by molar-refractivity contribution is 6.17. The van der Waals surface area contributed by atoms with Crippen molar-refractivity contribution in [2.24, 2.45) is 29.1 Å². The molecule has 0 spiro atoms. The summed E-state index contributed by atoms with van der Waals surface area (Å²) in [6.07, 6.45) is -0.0777. The van der Waals surface area contributed by atoms with Crippen molar-refractivity contribution in [3.63, 3.8) is 0 Å². The van der Waals surface area contributed by atoms with Gasteiger partial charge in [0.1, 0.15) is 59.2 Å². The molecule has 7 N–H and O–H groups in total. The number of aromatic hydroxyl groups is 1. The van der Waals surface area contributed by atoms with E-state index < -0.39 is 182 Å². The first-order chi connectivity index (χ1) is 48.2. The maximum atomic E-state index is 16.1. The second-order valence-electron chi connectivity index (χ2n) is 28.3. The molecule has 0 radical (unpaired) electrons. The number of carboxylic acid groups (broad SMARTS) is 2. The van der Waals surface area contributed by atoms with Crippen molar-refractivity contribution in [1.82, 2.24) is 9.55 Å². The smallest absolute Gasteiger partial charge is 0.341 e. The fourth-order valence-electron chi connectivity index (χ4n) is 14.5. The Kier molecular flexibility index (Phi) is 19.6. The van der Waals surface area contributed by atoms with E-state index in [4.69, 9.17) is 47.3 Å². The molecule has 6 aromatic rings. The summed E-state index contributed by atoms with van der Waals surface area (Å²) in [6.45, 7) is 16.9. The van der Waals surface area contributed by atoms with Crippen molar-refractivity contribution in [2.45, 2.75) is 169 Å². The summed E-state index contributed by atoms with van der Waals surface area (Å²) in [6, 6.07) is 5.36. The minimum Gasteiger partial charge on any atom is -0.507 e. The van der Waals surface area contributed by atoms with Crippen LogP contribution in [-0.2, 0) is 52.3 Å². The SMILES string of the molecule is CC(=O)O[C@H]1[C@H](C)[C@H](O)[C@H](C)[C@@H](O)[C@@H](C(C)OC(=O)C(C)(C)CC(=O)O)/C=C/C=C(/C)C(=O)Nc2c(=O)c3c(O)c(C)c4c(c3c3nc5c(=O)cc(N6CCN(c7cc8c(cc7F)c(=O)c(C(=O)O)cn8C7CC7)CC6)cc5oc23)=C(O)[C@@](C)(O/C=C/[C@H](O[C@H]2C[C@@H]3OCO[C@@H]3[C@@H](C)O2)[C@H]1C)O4. The van der Waals surface area contributed by atoms with Crippen LogP contribution in [0.4, 0.5) is 21.5 Å². The lowest BCUT2D eigenvalue weighted by Crippen LogP contribution is -2.50. The number of aromatic carboxylic acids is 1. The molecule has 29 heteroatoms. The first-order valence-corrected chi connectivity index (χ1v) is 33.9. The number of carbonyl (C=O) groups is 5. The summed E-state index contributed by atoms with van der Waals surface area (Å²) in [4.78, 5) is 117. The molecule has 102 heavy (non-hydrogen) atoms. The maximum Gasteiger partial charge on any atom is 0.341 e. The van der Waals surface area contributed by atoms with Crippen LogP contribution in [0.5, 0.6) is 11.5 Å². The molecule has 8 heterocycles. The highest BCUT2D eigenvalue weighted by atomic mass is 19.1. The fraction of sp³-hybridized carbons (Fsp3) is 0.493. The topological polar surface area (TPSA) is 381 Å². The van der Waals surface area contributed by atoms with Crippen molar-refractivity contribution in [1.29, 1.82) is 0 Å². The highest BCUT2D eigenvalue weighted by Crippen LogP contribution is 2.44. The fourth-order valence-corrected chi connectivity index (χ4v) is 14.5. The molecular formula is C73H82FN5O23. The quantitative estimate of drug-likeness (QED) is 0.0367. The monoisotopic (exact) mass is 1420 g/mol. The number of nitrogens with one attached hydrogen (secondary N) is 1. The number of carboxylic acids is 2. The number of nitrogens with zero attached hydrogens (tertiary/aromatic N) is 4. The Labute approximate surface area is 582 Å². The minimum absolute atomic E-state index is 0.0181. The Bertz CT molecular complexity index is 4790. The molecule has 7 aliphatic rings. The number of carbonyl (C=O) groups excluding carboxylic acids is 3. The van der Waals surface area contributed by atoms with Gasteiger partial charge in [0, 0.05) is 122 Å². The third-order valence-corrected chi connectivity index (χ3v) is 20.6. The lowest BCUT2D eigenvalue weighted by Gasteiger charge is -2.41. The first kappa shape index (κ1) is 72.3. The number of halogens is 1. The Morgan fingerprint density at radius 2 is 1.59 bits per heavy atom. The number of hydrogen-bond acceptors (Lipinski definition) is 24. The summed E-state index contributed by atoms with van der Waals surface area (Å²) in [5, 5.41) is 70.9. The summed E-state index contributed by atoms with van der Waals surface area (Å²) in [5.74, 6) is -14.1. The van der Waals surface area contributed by atoms with Gasteiger partial charge in [0.2, 0.25) is 16.3 Å². The van der Waals surface area contributed by atoms with E-state index in [1.807, 2.05) is 4.90 Å². The molecule has 1 saturated carbocycles. The molecule has 4 aromatic carbocycles. The maximum absolute atomic E-state index is 16.1. The van der Waals surface area contributed by atoms with E-state index in [9.17, 15) is 64.2 Å². The number of piperazine rings is 1. The highest BCUT2D eigenvalue weighted by Gasteiger charge is 2.48. The van der Waals surface area contributed by atoms with Gasteiger partial charge < -0.3 is 92.6 Å². The van der Waals surface area contributed by atoms with E-state index in [1.165, 1.54) is 98.0 Å². The first-order valence-electron chi connectivity index (χ1n) is 33.9. The van der Waals surface area contributed by atoms with Crippen LogP contribution in [0.1, 0.15) is 117 Å². The number of benzene rings is 4. The van der Waals surface area contributed by atoms with Crippen LogP contribution in [-0.4, -0.2) is 164 Å².